The number of aromatic nitrogens is 1. The molecule has 0 saturated carbocycles. The molecule has 1 unspecified atom stereocenters. The molecule has 5 nitrogen and oxygen atoms in total. The zero-order chi connectivity index (χ0) is 13.5. The fraction of sp³-hybridized carbons (Fsp3) is 0.500. The Morgan fingerprint density at radius 1 is 1.47 bits per heavy atom. The van der Waals surface area contributed by atoms with Gasteiger partial charge in [-0.05, 0) is 37.5 Å². The standard InChI is InChI=1S/C14H18N2O3/c1-9(15)4-5-14(7-18-8-14)10-2-3-12-11(6-10)16-13(17)19-12/h2-3,6,9H,4-5,7-8,15H2,1H3,(H,16,17). The summed E-state index contributed by atoms with van der Waals surface area (Å²) in [5.74, 6) is -0.415. The predicted molar refractivity (Wildman–Crippen MR) is 72.2 cm³/mol. The van der Waals surface area contributed by atoms with Crippen molar-refractivity contribution in [3.63, 3.8) is 0 Å². The van der Waals surface area contributed by atoms with Crippen LogP contribution in [-0.4, -0.2) is 24.2 Å². The highest BCUT2D eigenvalue weighted by molar-refractivity contribution is 5.73. The van der Waals surface area contributed by atoms with E-state index in [1.165, 1.54) is 5.56 Å². The van der Waals surface area contributed by atoms with Crippen LogP contribution in [-0.2, 0) is 10.2 Å². The van der Waals surface area contributed by atoms with Gasteiger partial charge < -0.3 is 14.9 Å². The molecule has 102 valence electrons. The van der Waals surface area contributed by atoms with E-state index < -0.39 is 5.76 Å². The summed E-state index contributed by atoms with van der Waals surface area (Å²) >= 11 is 0. The molecule has 1 saturated heterocycles. The second-order valence-electron chi connectivity index (χ2n) is 5.51. The third-order valence-electron chi connectivity index (χ3n) is 3.87. The highest BCUT2D eigenvalue weighted by Gasteiger charge is 2.40. The van der Waals surface area contributed by atoms with Crippen LogP contribution in [0.15, 0.2) is 27.4 Å². The van der Waals surface area contributed by atoms with Crippen LogP contribution in [0.1, 0.15) is 25.3 Å². The Balaban J connectivity index is 1.94. The van der Waals surface area contributed by atoms with Crippen LogP contribution in [0.5, 0.6) is 0 Å². The van der Waals surface area contributed by atoms with E-state index >= 15 is 0 Å². The molecule has 0 amide bonds. The number of rotatable bonds is 4. The van der Waals surface area contributed by atoms with Gasteiger partial charge in [0.15, 0.2) is 5.58 Å². The summed E-state index contributed by atoms with van der Waals surface area (Å²) in [5.41, 5.74) is 8.41. The van der Waals surface area contributed by atoms with Crippen molar-refractivity contribution in [3.8, 4) is 0 Å². The molecule has 1 aliphatic rings. The minimum atomic E-state index is -0.415. The molecule has 3 N–H and O–H groups in total. The molecule has 3 rings (SSSR count). The maximum atomic E-state index is 11.2. The van der Waals surface area contributed by atoms with E-state index in [1.807, 2.05) is 25.1 Å². The van der Waals surface area contributed by atoms with E-state index in [1.54, 1.807) is 0 Å². The molecule has 1 aromatic carbocycles. The number of aromatic amines is 1. The third-order valence-corrected chi connectivity index (χ3v) is 3.87. The van der Waals surface area contributed by atoms with E-state index in [2.05, 4.69) is 4.98 Å². The molecule has 0 spiro atoms. The lowest BCUT2D eigenvalue weighted by atomic mass is 9.74. The van der Waals surface area contributed by atoms with Gasteiger partial charge in [0.1, 0.15) is 0 Å². The molecule has 2 aromatic rings. The van der Waals surface area contributed by atoms with Gasteiger partial charge in [0.2, 0.25) is 0 Å². The maximum Gasteiger partial charge on any atom is 0.417 e. The normalized spacial score (nSPS) is 19.3. The molecule has 1 atom stereocenters. The summed E-state index contributed by atoms with van der Waals surface area (Å²) in [6.45, 7) is 3.45. The topological polar surface area (TPSA) is 81.2 Å². The number of hydrogen-bond acceptors (Lipinski definition) is 4. The molecule has 0 bridgehead atoms. The SMILES string of the molecule is CC(N)CCC1(c2ccc3oc(=O)[nH]c3c2)COC1. The fourth-order valence-electron chi connectivity index (χ4n) is 2.59. The Labute approximate surface area is 110 Å². The number of hydrogen-bond donors (Lipinski definition) is 2. The Hall–Kier alpha value is -1.59. The van der Waals surface area contributed by atoms with Crippen LogP contribution in [0.3, 0.4) is 0 Å². The second kappa shape index (κ2) is 4.51. The van der Waals surface area contributed by atoms with Crippen molar-refractivity contribution in [1.29, 1.82) is 0 Å². The zero-order valence-corrected chi connectivity index (χ0v) is 10.9. The lowest BCUT2D eigenvalue weighted by molar-refractivity contribution is -0.0656. The number of oxazole rings is 1. The van der Waals surface area contributed by atoms with Crippen LogP contribution < -0.4 is 11.5 Å². The lowest BCUT2D eigenvalue weighted by Crippen LogP contribution is -2.47. The number of nitrogens with two attached hydrogens (primary N) is 1. The summed E-state index contributed by atoms with van der Waals surface area (Å²) in [4.78, 5) is 13.9. The van der Waals surface area contributed by atoms with Crippen LogP contribution in [0.25, 0.3) is 11.1 Å². The van der Waals surface area contributed by atoms with Crippen LogP contribution in [0.2, 0.25) is 0 Å². The van der Waals surface area contributed by atoms with Crippen molar-refractivity contribution in [1.82, 2.24) is 4.98 Å². The lowest BCUT2D eigenvalue weighted by Gasteiger charge is -2.42. The maximum absolute atomic E-state index is 11.2. The molecule has 0 radical (unpaired) electrons. The van der Waals surface area contributed by atoms with Crippen molar-refractivity contribution < 1.29 is 9.15 Å². The monoisotopic (exact) mass is 262 g/mol. The van der Waals surface area contributed by atoms with Gasteiger partial charge in [0.05, 0.1) is 18.7 Å². The molecule has 19 heavy (non-hydrogen) atoms. The smallest absolute Gasteiger partial charge is 0.408 e. The van der Waals surface area contributed by atoms with Crippen molar-refractivity contribution in [2.45, 2.75) is 31.2 Å². The summed E-state index contributed by atoms with van der Waals surface area (Å²) in [5, 5.41) is 0. The van der Waals surface area contributed by atoms with E-state index in [0.717, 1.165) is 18.4 Å². The van der Waals surface area contributed by atoms with Gasteiger partial charge in [-0.2, -0.15) is 0 Å². The highest BCUT2D eigenvalue weighted by Crippen LogP contribution is 2.38. The first-order valence-corrected chi connectivity index (χ1v) is 6.56. The summed E-state index contributed by atoms with van der Waals surface area (Å²) in [6.07, 6.45) is 1.96. The molecule has 1 aromatic heterocycles. The molecule has 1 aliphatic heterocycles. The first-order chi connectivity index (χ1) is 9.09. The van der Waals surface area contributed by atoms with Crippen LogP contribution >= 0.6 is 0 Å². The average Bonchev–Trinajstić information content (AvgIpc) is 2.66. The molecule has 0 aliphatic carbocycles. The minimum Gasteiger partial charge on any atom is -0.408 e. The van der Waals surface area contributed by atoms with Crippen molar-refractivity contribution in [3.05, 3.63) is 34.3 Å². The molecule has 1 fully saturated rings. The van der Waals surface area contributed by atoms with Crippen molar-refractivity contribution in [2.75, 3.05) is 13.2 Å². The van der Waals surface area contributed by atoms with Gasteiger partial charge in [-0.1, -0.05) is 6.07 Å². The Bertz CT molecular complexity index is 637. The van der Waals surface area contributed by atoms with E-state index in [-0.39, 0.29) is 11.5 Å². The largest absolute Gasteiger partial charge is 0.417 e. The summed E-state index contributed by atoms with van der Waals surface area (Å²) < 4.78 is 10.4. The summed E-state index contributed by atoms with van der Waals surface area (Å²) in [6, 6.07) is 6.04. The van der Waals surface area contributed by atoms with E-state index in [4.69, 9.17) is 14.9 Å². The van der Waals surface area contributed by atoms with Gasteiger partial charge in [-0.15, -0.1) is 0 Å². The van der Waals surface area contributed by atoms with Gasteiger partial charge in [0.25, 0.3) is 0 Å². The molecular weight excluding hydrogens is 244 g/mol. The van der Waals surface area contributed by atoms with Crippen molar-refractivity contribution in [2.24, 2.45) is 5.73 Å². The summed E-state index contributed by atoms with van der Waals surface area (Å²) in [7, 11) is 0. The van der Waals surface area contributed by atoms with Crippen LogP contribution in [0.4, 0.5) is 0 Å². The molecule has 5 heteroatoms. The quantitative estimate of drug-likeness (QED) is 0.875. The first kappa shape index (κ1) is 12.4. The Morgan fingerprint density at radius 3 is 2.89 bits per heavy atom. The van der Waals surface area contributed by atoms with E-state index in [9.17, 15) is 4.79 Å². The predicted octanol–water partition coefficient (Wildman–Crippen LogP) is 1.52. The number of benzene rings is 1. The zero-order valence-electron chi connectivity index (χ0n) is 10.9. The third kappa shape index (κ3) is 2.19. The van der Waals surface area contributed by atoms with Gasteiger partial charge in [0, 0.05) is 11.5 Å². The van der Waals surface area contributed by atoms with Crippen LogP contribution in [0, 0.1) is 0 Å². The van der Waals surface area contributed by atoms with Crippen molar-refractivity contribution >= 4 is 11.1 Å². The van der Waals surface area contributed by atoms with Gasteiger partial charge in [-0.3, -0.25) is 4.98 Å². The minimum absolute atomic E-state index is 0.0377. The molecular formula is C14H18N2O3. The Morgan fingerprint density at radius 2 is 2.26 bits per heavy atom. The fourth-order valence-corrected chi connectivity index (χ4v) is 2.59. The number of nitrogens with one attached hydrogen (secondary N) is 1. The Kier molecular flexibility index (Phi) is 2.95. The first-order valence-electron chi connectivity index (χ1n) is 6.56. The number of H-pyrrole nitrogens is 1. The van der Waals surface area contributed by atoms with Gasteiger partial charge in [-0.25, -0.2) is 4.79 Å². The van der Waals surface area contributed by atoms with E-state index in [0.29, 0.717) is 18.8 Å². The van der Waals surface area contributed by atoms with Gasteiger partial charge >= 0.3 is 5.76 Å². The second-order valence-corrected chi connectivity index (χ2v) is 5.51. The average molecular weight is 262 g/mol. The number of ether oxygens (including phenoxy) is 1. The molecule has 2 heterocycles. The highest BCUT2D eigenvalue weighted by atomic mass is 16.5. The number of fused-ring (bicyclic) bond motifs is 1.